The molecule has 0 spiro atoms. The minimum absolute atomic E-state index is 0.0350. The molecule has 1 saturated heterocycles. The van der Waals surface area contributed by atoms with E-state index in [0.29, 0.717) is 13.2 Å². The van der Waals surface area contributed by atoms with Crippen molar-refractivity contribution in [3.8, 4) is 5.75 Å². The number of aryl methyl sites for hydroxylation is 1. The zero-order valence-corrected chi connectivity index (χ0v) is 16.3. The molecular formula is C23H25NO4. The van der Waals surface area contributed by atoms with Gasteiger partial charge in [-0.2, -0.15) is 0 Å². The highest BCUT2D eigenvalue weighted by Crippen LogP contribution is 2.37. The van der Waals surface area contributed by atoms with Crippen molar-refractivity contribution < 1.29 is 19.0 Å². The quantitative estimate of drug-likeness (QED) is 0.799. The monoisotopic (exact) mass is 379 g/mol. The zero-order chi connectivity index (χ0) is 19.5. The predicted octanol–water partition coefficient (Wildman–Crippen LogP) is 4.20. The molecule has 5 nitrogen and oxygen atoms in total. The van der Waals surface area contributed by atoms with Crippen LogP contribution in [0.15, 0.2) is 54.6 Å². The maximum Gasteiger partial charge on any atom is 0.411 e. The fourth-order valence-electron chi connectivity index (χ4n) is 3.95. The number of morpholine rings is 1. The first-order chi connectivity index (χ1) is 13.7. The molecule has 2 aromatic carbocycles. The Morgan fingerprint density at radius 3 is 2.75 bits per heavy atom. The molecule has 2 unspecified atom stereocenters. The summed E-state index contributed by atoms with van der Waals surface area (Å²) in [5, 5.41) is 0. The Balaban J connectivity index is 1.54. The number of nitrogens with zero attached hydrogens (tertiary/aromatic N) is 1. The van der Waals surface area contributed by atoms with Crippen molar-refractivity contribution in [1.82, 2.24) is 4.90 Å². The lowest BCUT2D eigenvalue weighted by Gasteiger charge is -2.44. The zero-order valence-electron chi connectivity index (χ0n) is 16.3. The summed E-state index contributed by atoms with van der Waals surface area (Å²) in [5.41, 5.74) is 4.46. The minimum atomic E-state index is -0.284. The lowest BCUT2D eigenvalue weighted by atomic mass is 9.89. The van der Waals surface area contributed by atoms with Gasteiger partial charge in [-0.25, -0.2) is 4.79 Å². The van der Waals surface area contributed by atoms with Crippen LogP contribution in [-0.2, 0) is 16.1 Å². The van der Waals surface area contributed by atoms with Crippen LogP contribution in [0.1, 0.15) is 23.1 Å². The third kappa shape index (κ3) is 3.76. The fourth-order valence-corrected chi connectivity index (χ4v) is 3.95. The van der Waals surface area contributed by atoms with Crippen LogP contribution in [0.3, 0.4) is 0 Å². The first kappa shape index (κ1) is 18.6. The van der Waals surface area contributed by atoms with Gasteiger partial charge in [0.2, 0.25) is 0 Å². The Morgan fingerprint density at radius 1 is 1.18 bits per heavy atom. The van der Waals surface area contributed by atoms with Gasteiger partial charge in [-0.1, -0.05) is 48.0 Å². The van der Waals surface area contributed by atoms with Gasteiger partial charge in [-0.15, -0.1) is 0 Å². The van der Waals surface area contributed by atoms with Crippen LogP contribution >= 0.6 is 0 Å². The van der Waals surface area contributed by atoms with Crippen molar-refractivity contribution in [2.24, 2.45) is 0 Å². The molecule has 5 heteroatoms. The maximum atomic E-state index is 12.8. The van der Waals surface area contributed by atoms with Crippen LogP contribution in [0.5, 0.6) is 5.75 Å². The number of rotatable bonds is 4. The first-order valence-electron chi connectivity index (χ1n) is 9.58. The largest absolute Gasteiger partial charge is 0.496 e. The lowest BCUT2D eigenvalue weighted by molar-refractivity contribution is -0.0342. The average molecular weight is 379 g/mol. The number of ether oxygens (including phenoxy) is 3. The van der Waals surface area contributed by atoms with Crippen LogP contribution in [0, 0.1) is 6.92 Å². The number of methoxy groups -OCH3 is 1. The van der Waals surface area contributed by atoms with Crippen molar-refractivity contribution in [2.45, 2.75) is 32.0 Å². The van der Waals surface area contributed by atoms with Crippen LogP contribution in [-0.4, -0.2) is 43.4 Å². The standard InChI is InChI=1S/C23H25NO4/c1-16-8-9-22(26-2)21(10-16)18-11-19-14-27-15-20(12-18)24(19)23(25)28-13-17-6-4-3-5-7-17/h3-11,19-20H,12-15H2,1-2H3. The third-order valence-electron chi connectivity index (χ3n) is 5.32. The molecule has 2 aliphatic rings. The molecule has 2 bridgehead atoms. The van der Waals surface area contributed by atoms with E-state index in [9.17, 15) is 4.79 Å². The summed E-state index contributed by atoms with van der Waals surface area (Å²) in [6, 6.07) is 15.8. The van der Waals surface area contributed by atoms with E-state index in [2.05, 4.69) is 19.1 Å². The third-order valence-corrected chi connectivity index (χ3v) is 5.32. The average Bonchev–Trinajstić information content (AvgIpc) is 2.71. The molecule has 4 rings (SSSR count). The second kappa shape index (κ2) is 8.07. The van der Waals surface area contributed by atoms with Crippen molar-refractivity contribution >= 4 is 11.7 Å². The summed E-state index contributed by atoms with van der Waals surface area (Å²) in [4.78, 5) is 14.6. The molecule has 1 fully saturated rings. The van der Waals surface area contributed by atoms with Gasteiger partial charge in [0, 0.05) is 5.56 Å². The highest BCUT2D eigenvalue weighted by Gasteiger charge is 2.39. The molecule has 1 amide bonds. The number of fused-ring (bicyclic) bond motifs is 2. The number of amides is 1. The Kier molecular flexibility index (Phi) is 5.35. The van der Waals surface area contributed by atoms with Crippen LogP contribution in [0.4, 0.5) is 4.79 Å². The molecule has 2 aromatic rings. The Bertz CT molecular complexity index is 877. The van der Waals surface area contributed by atoms with E-state index in [0.717, 1.165) is 23.3 Å². The Morgan fingerprint density at radius 2 is 2.00 bits per heavy atom. The molecular weight excluding hydrogens is 354 g/mol. The lowest BCUT2D eigenvalue weighted by Crippen LogP contribution is -2.56. The van der Waals surface area contributed by atoms with Gasteiger partial charge in [0.15, 0.2) is 0 Å². The Hall–Kier alpha value is -2.79. The normalized spacial score (nSPS) is 21.1. The summed E-state index contributed by atoms with van der Waals surface area (Å²) < 4.78 is 16.9. The predicted molar refractivity (Wildman–Crippen MR) is 107 cm³/mol. The molecule has 146 valence electrons. The van der Waals surface area contributed by atoms with E-state index in [1.165, 1.54) is 11.1 Å². The Labute approximate surface area is 165 Å². The maximum absolute atomic E-state index is 12.8. The SMILES string of the molecule is COc1ccc(C)cc1C1=CC2COCC(C1)N2C(=O)OCc1ccccc1. The van der Waals surface area contributed by atoms with E-state index >= 15 is 0 Å². The number of benzene rings is 2. The van der Waals surface area contributed by atoms with Gasteiger partial charge >= 0.3 is 6.09 Å². The molecule has 2 aliphatic heterocycles. The number of carbonyl (C=O) groups is 1. The number of carbonyl (C=O) groups excluding carboxylic acids is 1. The van der Waals surface area contributed by atoms with Crippen LogP contribution in [0.25, 0.3) is 5.57 Å². The second-order valence-electron chi connectivity index (χ2n) is 7.31. The van der Waals surface area contributed by atoms with E-state index in [4.69, 9.17) is 14.2 Å². The van der Waals surface area contributed by atoms with Crippen molar-refractivity contribution in [3.63, 3.8) is 0 Å². The number of hydrogen-bond acceptors (Lipinski definition) is 4. The summed E-state index contributed by atoms with van der Waals surface area (Å²) in [6.45, 7) is 3.35. The van der Waals surface area contributed by atoms with Crippen molar-refractivity contribution in [3.05, 3.63) is 71.3 Å². The summed E-state index contributed by atoms with van der Waals surface area (Å²) in [6.07, 6.45) is 2.56. The second-order valence-corrected chi connectivity index (χ2v) is 7.31. The molecule has 28 heavy (non-hydrogen) atoms. The molecule has 2 atom stereocenters. The van der Waals surface area contributed by atoms with Gasteiger partial charge < -0.3 is 14.2 Å². The topological polar surface area (TPSA) is 48.0 Å². The van der Waals surface area contributed by atoms with Gasteiger partial charge in [0.05, 0.1) is 32.4 Å². The highest BCUT2D eigenvalue weighted by atomic mass is 16.6. The van der Waals surface area contributed by atoms with E-state index in [1.54, 1.807) is 7.11 Å². The van der Waals surface area contributed by atoms with Gasteiger partial charge in [0.25, 0.3) is 0 Å². The summed E-state index contributed by atoms with van der Waals surface area (Å²) in [7, 11) is 1.69. The van der Waals surface area contributed by atoms with E-state index < -0.39 is 0 Å². The van der Waals surface area contributed by atoms with Gasteiger partial charge in [0.1, 0.15) is 12.4 Å². The number of hydrogen-bond donors (Lipinski definition) is 0. The molecule has 0 N–H and O–H groups in total. The van der Waals surface area contributed by atoms with Gasteiger partial charge in [-0.3, -0.25) is 4.90 Å². The van der Waals surface area contributed by atoms with Crippen LogP contribution in [0.2, 0.25) is 0 Å². The van der Waals surface area contributed by atoms with Crippen molar-refractivity contribution in [2.75, 3.05) is 20.3 Å². The molecule has 2 heterocycles. The van der Waals surface area contributed by atoms with Gasteiger partial charge in [-0.05, 0) is 36.6 Å². The fraction of sp³-hybridized carbons (Fsp3) is 0.348. The first-order valence-corrected chi connectivity index (χ1v) is 9.58. The molecule has 0 aliphatic carbocycles. The minimum Gasteiger partial charge on any atom is -0.496 e. The highest BCUT2D eigenvalue weighted by molar-refractivity contribution is 5.77. The van der Waals surface area contributed by atoms with Crippen LogP contribution < -0.4 is 4.74 Å². The smallest absolute Gasteiger partial charge is 0.411 e. The van der Waals surface area contributed by atoms with E-state index in [-0.39, 0.29) is 24.8 Å². The van der Waals surface area contributed by atoms with E-state index in [1.807, 2.05) is 47.4 Å². The molecule has 0 saturated carbocycles. The molecule has 0 aromatic heterocycles. The van der Waals surface area contributed by atoms with Crippen molar-refractivity contribution in [1.29, 1.82) is 0 Å². The molecule has 0 radical (unpaired) electrons. The summed E-state index contributed by atoms with van der Waals surface area (Å²) in [5.74, 6) is 0.857. The summed E-state index contributed by atoms with van der Waals surface area (Å²) >= 11 is 0.